The summed E-state index contributed by atoms with van der Waals surface area (Å²) in [5, 5.41) is 13.7. The number of halogens is 3. The normalized spacial score (nSPS) is 19.5. The van der Waals surface area contributed by atoms with Crippen LogP contribution >= 0.6 is 0 Å². The lowest BCUT2D eigenvalue weighted by Crippen LogP contribution is -2.56. The van der Waals surface area contributed by atoms with Gasteiger partial charge < -0.3 is 9.84 Å². The Bertz CT molecular complexity index is 892. The number of aliphatic hydroxyl groups is 1. The molecule has 1 N–H and O–H groups in total. The molecule has 1 aliphatic rings. The van der Waals surface area contributed by atoms with Gasteiger partial charge in [-0.05, 0) is 43.7 Å². The molecule has 0 aliphatic carbocycles. The molecule has 0 unspecified atom stereocenters. The van der Waals surface area contributed by atoms with Crippen molar-refractivity contribution in [3.8, 4) is 5.75 Å². The predicted octanol–water partition coefficient (Wildman–Crippen LogP) is 4.05. The Balaban J connectivity index is 1.72. The summed E-state index contributed by atoms with van der Waals surface area (Å²) in [6.07, 6.45) is -5.80. The quantitative estimate of drug-likeness (QED) is 0.854. The zero-order chi connectivity index (χ0) is 20.5. The van der Waals surface area contributed by atoms with Crippen LogP contribution in [-0.4, -0.2) is 33.6 Å². The minimum atomic E-state index is -5.03. The molecule has 2 aromatic carbocycles. The highest BCUT2D eigenvalue weighted by Crippen LogP contribution is 2.40. The van der Waals surface area contributed by atoms with Gasteiger partial charge in [0.1, 0.15) is 12.4 Å². The number of hydrogen-bond acceptors (Lipinski definition) is 4. The minimum absolute atomic E-state index is 0.0197. The van der Waals surface area contributed by atoms with Crippen LogP contribution in [0.1, 0.15) is 34.8 Å². The van der Waals surface area contributed by atoms with Crippen molar-refractivity contribution in [1.29, 1.82) is 0 Å². The van der Waals surface area contributed by atoms with Gasteiger partial charge in [0.2, 0.25) is 0 Å². The van der Waals surface area contributed by atoms with E-state index in [1.807, 2.05) is 31.2 Å². The first-order chi connectivity index (χ1) is 13.1. The third-order valence-electron chi connectivity index (χ3n) is 4.40. The maximum atomic E-state index is 13.3. The highest BCUT2D eigenvalue weighted by molar-refractivity contribution is 5.98. The summed E-state index contributed by atoms with van der Waals surface area (Å²) in [6, 6.07) is 13.4. The van der Waals surface area contributed by atoms with Crippen molar-refractivity contribution < 1.29 is 27.8 Å². The second-order valence-corrected chi connectivity index (χ2v) is 6.74. The van der Waals surface area contributed by atoms with Crippen LogP contribution in [0.4, 0.5) is 13.2 Å². The van der Waals surface area contributed by atoms with E-state index in [2.05, 4.69) is 5.10 Å². The number of carbonyl (C=O) groups excluding carboxylic acids is 1. The van der Waals surface area contributed by atoms with E-state index in [1.165, 1.54) is 31.2 Å². The molecule has 2 aromatic rings. The second-order valence-electron chi connectivity index (χ2n) is 6.74. The number of amides is 1. The Morgan fingerprint density at radius 1 is 1.14 bits per heavy atom. The number of aryl methyl sites for hydroxylation is 1. The number of hydrazone groups is 1. The third-order valence-corrected chi connectivity index (χ3v) is 4.40. The number of carbonyl (C=O) groups is 1. The molecule has 3 rings (SSSR count). The summed E-state index contributed by atoms with van der Waals surface area (Å²) in [4.78, 5) is 12.5. The molecule has 1 amide bonds. The average molecular weight is 392 g/mol. The van der Waals surface area contributed by atoms with Crippen molar-refractivity contribution in [2.75, 3.05) is 0 Å². The highest BCUT2D eigenvalue weighted by atomic mass is 19.4. The maximum absolute atomic E-state index is 13.3. The van der Waals surface area contributed by atoms with Crippen molar-refractivity contribution in [2.24, 2.45) is 5.10 Å². The van der Waals surface area contributed by atoms with Crippen molar-refractivity contribution in [2.45, 2.75) is 38.8 Å². The minimum Gasteiger partial charge on any atom is -0.489 e. The van der Waals surface area contributed by atoms with Crippen molar-refractivity contribution in [1.82, 2.24) is 5.01 Å². The van der Waals surface area contributed by atoms with Crippen molar-refractivity contribution >= 4 is 11.6 Å². The van der Waals surface area contributed by atoms with Crippen LogP contribution in [0.25, 0.3) is 0 Å². The molecule has 0 saturated carbocycles. The van der Waals surface area contributed by atoms with Gasteiger partial charge in [-0.15, -0.1) is 0 Å². The van der Waals surface area contributed by atoms with E-state index < -0.39 is 24.2 Å². The molecule has 28 heavy (non-hydrogen) atoms. The Kier molecular flexibility index (Phi) is 5.16. The summed E-state index contributed by atoms with van der Waals surface area (Å²) >= 11 is 0. The standard InChI is InChI=1S/C20H19F3N2O3/c1-13-3-5-15(6-4-13)12-28-17-9-7-16(8-10-17)18(26)25-19(27,20(21,22)23)11-14(2)24-25/h3-10,27H,11-12H2,1-2H3/t19-/m0/s1. The Hall–Kier alpha value is -2.87. The van der Waals surface area contributed by atoms with E-state index in [0.717, 1.165) is 11.1 Å². The van der Waals surface area contributed by atoms with E-state index in [1.54, 1.807) is 0 Å². The fourth-order valence-corrected chi connectivity index (χ4v) is 2.82. The summed E-state index contributed by atoms with van der Waals surface area (Å²) < 4.78 is 45.4. The molecule has 0 bridgehead atoms. The van der Waals surface area contributed by atoms with Gasteiger partial charge in [-0.1, -0.05) is 29.8 Å². The Morgan fingerprint density at radius 2 is 1.75 bits per heavy atom. The smallest absolute Gasteiger partial charge is 0.438 e. The molecular weight excluding hydrogens is 373 g/mol. The monoisotopic (exact) mass is 392 g/mol. The van der Waals surface area contributed by atoms with Gasteiger partial charge in [0.25, 0.3) is 11.6 Å². The maximum Gasteiger partial charge on any atom is 0.438 e. The molecule has 8 heteroatoms. The van der Waals surface area contributed by atoms with Gasteiger partial charge in [-0.25, -0.2) is 0 Å². The molecule has 1 aliphatic heterocycles. The predicted molar refractivity (Wildman–Crippen MR) is 96.9 cm³/mol. The van der Waals surface area contributed by atoms with Crippen LogP contribution in [0.15, 0.2) is 53.6 Å². The largest absolute Gasteiger partial charge is 0.489 e. The van der Waals surface area contributed by atoms with Crippen LogP contribution in [0.5, 0.6) is 5.75 Å². The Morgan fingerprint density at radius 3 is 2.32 bits per heavy atom. The molecule has 0 radical (unpaired) electrons. The molecule has 1 atom stereocenters. The van der Waals surface area contributed by atoms with Crippen LogP contribution in [0, 0.1) is 6.92 Å². The topological polar surface area (TPSA) is 62.1 Å². The zero-order valence-corrected chi connectivity index (χ0v) is 15.3. The fraction of sp³-hybridized carbons (Fsp3) is 0.300. The molecular formula is C20H19F3N2O3. The SMILES string of the molecule is CC1=NN(C(=O)c2ccc(OCc3ccc(C)cc3)cc2)[C@@](O)(C(F)(F)F)C1. The summed E-state index contributed by atoms with van der Waals surface area (Å²) in [5.41, 5.74) is -1.27. The van der Waals surface area contributed by atoms with E-state index in [4.69, 9.17) is 4.74 Å². The van der Waals surface area contributed by atoms with E-state index >= 15 is 0 Å². The Labute approximate surface area is 160 Å². The first kappa shape index (κ1) is 19.9. The number of rotatable bonds is 4. The number of ether oxygens (including phenoxy) is 1. The molecule has 5 nitrogen and oxygen atoms in total. The van der Waals surface area contributed by atoms with Gasteiger partial charge in [0.05, 0.1) is 0 Å². The first-order valence-electron chi connectivity index (χ1n) is 8.56. The van der Waals surface area contributed by atoms with Gasteiger partial charge >= 0.3 is 6.18 Å². The molecule has 1 heterocycles. The van der Waals surface area contributed by atoms with Gasteiger partial charge in [-0.3, -0.25) is 4.79 Å². The number of hydrogen-bond donors (Lipinski definition) is 1. The van der Waals surface area contributed by atoms with Crippen LogP contribution < -0.4 is 4.74 Å². The van der Waals surface area contributed by atoms with Crippen LogP contribution in [0.2, 0.25) is 0 Å². The summed E-state index contributed by atoms with van der Waals surface area (Å²) in [5.74, 6) is -0.578. The van der Waals surface area contributed by atoms with Gasteiger partial charge in [0.15, 0.2) is 0 Å². The molecule has 0 saturated heterocycles. The zero-order valence-electron chi connectivity index (χ0n) is 15.3. The lowest BCUT2D eigenvalue weighted by atomic mass is 10.1. The average Bonchev–Trinajstić information content (AvgIpc) is 2.97. The van der Waals surface area contributed by atoms with Crippen LogP contribution in [0.3, 0.4) is 0 Å². The number of benzene rings is 2. The van der Waals surface area contributed by atoms with Crippen molar-refractivity contribution in [3.05, 3.63) is 65.2 Å². The van der Waals surface area contributed by atoms with Crippen molar-refractivity contribution in [3.63, 3.8) is 0 Å². The lowest BCUT2D eigenvalue weighted by Gasteiger charge is -2.32. The van der Waals surface area contributed by atoms with E-state index in [0.29, 0.717) is 12.4 Å². The number of alkyl halides is 3. The molecule has 148 valence electrons. The van der Waals surface area contributed by atoms with E-state index in [-0.39, 0.29) is 16.3 Å². The highest BCUT2D eigenvalue weighted by Gasteiger charge is 2.62. The van der Waals surface area contributed by atoms with Crippen LogP contribution in [-0.2, 0) is 6.61 Å². The summed E-state index contributed by atoms with van der Waals surface area (Å²) in [7, 11) is 0. The van der Waals surface area contributed by atoms with Gasteiger partial charge in [-0.2, -0.15) is 23.3 Å². The fourth-order valence-electron chi connectivity index (χ4n) is 2.82. The molecule has 0 spiro atoms. The number of nitrogens with zero attached hydrogens (tertiary/aromatic N) is 2. The van der Waals surface area contributed by atoms with E-state index in [9.17, 15) is 23.1 Å². The second kappa shape index (κ2) is 7.27. The van der Waals surface area contributed by atoms with Gasteiger partial charge in [0, 0.05) is 17.7 Å². The lowest BCUT2D eigenvalue weighted by molar-refractivity contribution is -0.297. The first-order valence-corrected chi connectivity index (χ1v) is 8.56. The summed E-state index contributed by atoms with van der Waals surface area (Å²) in [6.45, 7) is 3.62. The molecule has 0 aromatic heterocycles. The third kappa shape index (κ3) is 3.87. The molecule has 0 fully saturated rings.